The molecule has 2 rings (SSSR count). The first-order valence-electron chi connectivity index (χ1n) is 6.56. The molecule has 0 bridgehead atoms. The largest absolute Gasteiger partial charge is 0.392 e. The third-order valence-electron chi connectivity index (χ3n) is 3.24. The lowest BCUT2D eigenvalue weighted by Crippen LogP contribution is -2.41. The van der Waals surface area contributed by atoms with Crippen LogP contribution in [0.5, 0.6) is 0 Å². The molecule has 5 nitrogen and oxygen atoms in total. The minimum absolute atomic E-state index is 0.0129. The van der Waals surface area contributed by atoms with Crippen molar-refractivity contribution in [2.45, 2.75) is 25.1 Å². The summed E-state index contributed by atoms with van der Waals surface area (Å²) in [5.41, 5.74) is 7.09. The number of aromatic nitrogens is 1. The first-order chi connectivity index (χ1) is 9.95. The van der Waals surface area contributed by atoms with Crippen molar-refractivity contribution in [1.82, 2.24) is 9.71 Å². The van der Waals surface area contributed by atoms with Gasteiger partial charge in [-0.15, -0.1) is 0 Å². The number of hydrogen-bond donors (Lipinski definition) is 2. The van der Waals surface area contributed by atoms with Gasteiger partial charge in [-0.3, -0.25) is 4.98 Å². The third-order valence-corrected chi connectivity index (χ3v) is 5.56. The van der Waals surface area contributed by atoms with Crippen LogP contribution in [0.1, 0.15) is 18.9 Å². The first-order valence-corrected chi connectivity index (χ1v) is 8.51. The van der Waals surface area contributed by atoms with Gasteiger partial charge in [0.15, 0.2) is 0 Å². The molecule has 0 saturated carbocycles. The summed E-state index contributed by atoms with van der Waals surface area (Å²) < 4.78 is 27.0. The highest BCUT2D eigenvalue weighted by Gasteiger charge is 2.26. The SMILES string of the molecule is CCC(C(N)=S)S(=O)(=O)NCc1cccc2cccnc12. The van der Waals surface area contributed by atoms with Gasteiger partial charge in [-0.05, 0) is 18.1 Å². The molecule has 0 aliphatic heterocycles. The minimum atomic E-state index is -3.58. The Morgan fingerprint density at radius 1 is 1.38 bits per heavy atom. The Hall–Kier alpha value is -1.57. The predicted molar refractivity (Wildman–Crippen MR) is 88.4 cm³/mol. The van der Waals surface area contributed by atoms with Gasteiger partial charge in [0.1, 0.15) is 5.25 Å². The van der Waals surface area contributed by atoms with E-state index < -0.39 is 15.3 Å². The molecule has 0 saturated heterocycles. The zero-order valence-corrected chi connectivity index (χ0v) is 13.2. The molecule has 21 heavy (non-hydrogen) atoms. The quantitative estimate of drug-likeness (QED) is 0.791. The van der Waals surface area contributed by atoms with Gasteiger partial charge < -0.3 is 5.73 Å². The van der Waals surface area contributed by atoms with Crippen molar-refractivity contribution >= 4 is 38.1 Å². The Bertz CT molecular complexity index is 754. The van der Waals surface area contributed by atoms with E-state index in [0.29, 0.717) is 6.42 Å². The van der Waals surface area contributed by atoms with E-state index in [4.69, 9.17) is 18.0 Å². The topological polar surface area (TPSA) is 85.1 Å². The number of hydrogen-bond acceptors (Lipinski definition) is 4. The summed E-state index contributed by atoms with van der Waals surface area (Å²) in [5, 5.41) is 0.117. The van der Waals surface area contributed by atoms with Gasteiger partial charge in [0.2, 0.25) is 10.0 Å². The van der Waals surface area contributed by atoms with Crippen LogP contribution >= 0.6 is 12.2 Å². The second-order valence-electron chi connectivity index (χ2n) is 4.66. The van der Waals surface area contributed by atoms with E-state index in [1.165, 1.54) is 0 Å². The van der Waals surface area contributed by atoms with Crippen molar-refractivity contribution in [2.75, 3.05) is 0 Å². The maximum atomic E-state index is 12.2. The number of nitrogens with one attached hydrogen (secondary N) is 1. The van der Waals surface area contributed by atoms with E-state index in [0.717, 1.165) is 16.5 Å². The van der Waals surface area contributed by atoms with Crippen molar-refractivity contribution in [1.29, 1.82) is 0 Å². The number of sulfonamides is 1. The lowest BCUT2D eigenvalue weighted by Gasteiger charge is -2.15. The highest BCUT2D eigenvalue weighted by Crippen LogP contribution is 2.16. The summed E-state index contributed by atoms with van der Waals surface area (Å²) in [6, 6.07) is 9.43. The zero-order valence-electron chi connectivity index (χ0n) is 11.6. The maximum Gasteiger partial charge on any atom is 0.221 e. The molecular formula is C14H17N3O2S2. The molecule has 1 aromatic heterocycles. The molecule has 1 unspecified atom stereocenters. The van der Waals surface area contributed by atoms with E-state index in [1.54, 1.807) is 13.1 Å². The van der Waals surface area contributed by atoms with Gasteiger partial charge in [-0.1, -0.05) is 43.4 Å². The Morgan fingerprint density at radius 3 is 2.76 bits per heavy atom. The van der Waals surface area contributed by atoms with E-state index in [1.807, 2.05) is 30.3 Å². The summed E-state index contributed by atoms with van der Waals surface area (Å²) in [6.07, 6.45) is 2.03. The molecule has 0 amide bonds. The summed E-state index contributed by atoms with van der Waals surface area (Å²) >= 11 is 4.82. The summed E-state index contributed by atoms with van der Waals surface area (Å²) in [5.74, 6) is 0. The van der Waals surface area contributed by atoms with Crippen molar-refractivity contribution in [3.63, 3.8) is 0 Å². The first kappa shape index (κ1) is 15.8. The van der Waals surface area contributed by atoms with Crippen molar-refractivity contribution < 1.29 is 8.42 Å². The Morgan fingerprint density at radius 2 is 2.10 bits per heavy atom. The summed E-state index contributed by atoms with van der Waals surface area (Å²) in [6.45, 7) is 1.90. The van der Waals surface area contributed by atoms with Crippen LogP contribution < -0.4 is 10.5 Å². The predicted octanol–water partition coefficient (Wildman–Crippen LogP) is 1.72. The van der Waals surface area contributed by atoms with Crippen molar-refractivity contribution in [3.05, 3.63) is 42.1 Å². The van der Waals surface area contributed by atoms with E-state index in [-0.39, 0.29) is 11.5 Å². The number of benzene rings is 1. The smallest absolute Gasteiger partial charge is 0.221 e. The monoisotopic (exact) mass is 323 g/mol. The Kier molecular flexibility index (Phi) is 4.87. The van der Waals surface area contributed by atoms with Gasteiger partial charge in [0.25, 0.3) is 0 Å². The molecule has 0 radical (unpaired) electrons. The average molecular weight is 323 g/mol. The Balaban J connectivity index is 2.24. The molecule has 2 aromatic rings. The van der Waals surface area contributed by atoms with Gasteiger partial charge in [-0.25, -0.2) is 13.1 Å². The van der Waals surface area contributed by atoms with Crippen LogP contribution in [0.2, 0.25) is 0 Å². The second kappa shape index (κ2) is 6.46. The standard InChI is InChI=1S/C14H17N3O2S2/c1-2-12(14(15)20)21(18,19)17-9-11-6-3-5-10-7-4-8-16-13(10)11/h3-8,12,17H,2,9H2,1H3,(H2,15,20). The van der Waals surface area contributed by atoms with Crippen LogP contribution in [0.15, 0.2) is 36.5 Å². The van der Waals surface area contributed by atoms with Gasteiger partial charge in [-0.2, -0.15) is 0 Å². The highest BCUT2D eigenvalue weighted by molar-refractivity contribution is 7.93. The molecule has 1 heterocycles. The van der Waals surface area contributed by atoms with E-state index in [2.05, 4.69) is 9.71 Å². The lowest BCUT2D eigenvalue weighted by atomic mass is 10.1. The third kappa shape index (κ3) is 3.55. The number of pyridine rings is 1. The van der Waals surface area contributed by atoms with Crippen LogP contribution in [0.25, 0.3) is 10.9 Å². The number of nitrogens with two attached hydrogens (primary N) is 1. The molecule has 1 aromatic carbocycles. The second-order valence-corrected chi connectivity index (χ2v) is 7.08. The summed E-state index contributed by atoms with van der Waals surface area (Å²) in [7, 11) is -3.58. The minimum Gasteiger partial charge on any atom is -0.392 e. The zero-order chi connectivity index (χ0) is 15.5. The Labute approximate surface area is 129 Å². The van der Waals surface area contributed by atoms with Crippen LogP contribution in [0, 0.1) is 0 Å². The molecule has 7 heteroatoms. The fourth-order valence-corrected chi connectivity index (χ4v) is 4.01. The molecule has 3 N–H and O–H groups in total. The van der Waals surface area contributed by atoms with Crippen LogP contribution in [-0.4, -0.2) is 23.6 Å². The molecule has 1 atom stereocenters. The van der Waals surface area contributed by atoms with Crippen molar-refractivity contribution in [2.24, 2.45) is 5.73 Å². The van der Waals surface area contributed by atoms with Crippen LogP contribution in [0.3, 0.4) is 0 Å². The van der Waals surface area contributed by atoms with Crippen molar-refractivity contribution in [3.8, 4) is 0 Å². The molecule has 0 aliphatic rings. The lowest BCUT2D eigenvalue weighted by molar-refractivity contribution is 0.574. The van der Waals surface area contributed by atoms with E-state index in [9.17, 15) is 8.42 Å². The molecule has 112 valence electrons. The highest BCUT2D eigenvalue weighted by atomic mass is 32.2. The number of rotatable bonds is 6. The number of thiocarbonyl (C=S) groups is 1. The summed E-state index contributed by atoms with van der Waals surface area (Å²) in [4.78, 5) is 4.28. The normalized spacial score (nSPS) is 13.2. The van der Waals surface area contributed by atoms with Crippen LogP contribution in [-0.2, 0) is 16.6 Å². The molecule has 0 spiro atoms. The number of fused-ring (bicyclic) bond motifs is 1. The van der Waals surface area contributed by atoms with Gasteiger partial charge >= 0.3 is 0 Å². The molecular weight excluding hydrogens is 306 g/mol. The number of nitrogens with zero attached hydrogens (tertiary/aromatic N) is 1. The molecule has 0 aliphatic carbocycles. The van der Waals surface area contributed by atoms with Gasteiger partial charge in [0.05, 0.1) is 10.5 Å². The van der Waals surface area contributed by atoms with Crippen LogP contribution in [0.4, 0.5) is 0 Å². The van der Waals surface area contributed by atoms with E-state index >= 15 is 0 Å². The molecule has 0 fully saturated rings. The maximum absolute atomic E-state index is 12.2. The fraction of sp³-hybridized carbons (Fsp3) is 0.286. The average Bonchev–Trinajstić information content (AvgIpc) is 2.45. The number of para-hydroxylation sites is 1. The van der Waals surface area contributed by atoms with Gasteiger partial charge in [0, 0.05) is 18.1 Å². The fourth-order valence-electron chi connectivity index (χ4n) is 2.16.